The number of carbonyl (C=O) groups excluding carboxylic acids is 1. The van der Waals surface area contributed by atoms with E-state index in [0.29, 0.717) is 29.1 Å². The molecule has 34 heavy (non-hydrogen) atoms. The van der Waals surface area contributed by atoms with Gasteiger partial charge in [-0.2, -0.15) is 8.42 Å². The van der Waals surface area contributed by atoms with Crippen LogP contribution in [-0.2, 0) is 14.9 Å². The maximum atomic E-state index is 12.0. The maximum Gasteiger partial charge on any atom is 0.266 e. The summed E-state index contributed by atoms with van der Waals surface area (Å²) in [6, 6.07) is 0. The van der Waals surface area contributed by atoms with Crippen LogP contribution >= 0.6 is 0 Å². The average molecular weight is 502 g/mol. The smallest absolute Gasteiger partial charge is 0.266 e. The van der Waals surface area contributed by atoms with Gasteiger partial charge in [0.05, 0.1) is 11.9 Å². The van der Waals surface area contributed by atoms with Gasteiger partial charge in [-0.15, -0.1) is 0 Å². The van der Waals surface area contributed by atoms with E-state index in [-0.39, 0.29) is 18.6 Å². The fraction of sp³-hybridized carbons (Fsp3) is 0.962. The van der Waals surface area contributed by atoms with Gasteiger partial charge in [0.25, 0.3) is 10.1 Å². The van der Waals surface area contributed by atoms with Gasteiger partial charge in [-0.05, 0) is 111 Å². The van der Waals surface area contributed by atoms with E-state index in [1.807, 2.05) is 0 Å². The highest BCUT2D eigenvalue weighted by molar-refractivity contribution is 7.85. The molecule has 7 unspecified atom stereocenters. The topological polar surface area (TPSA) is 124 Å². The number of nitrogens with one attached hydrogen (secondary N) is 1. The summed E-state index contributed by atoms with van der Waals surface area (Å²) in [6.07, 6.45) is 13.3. The molecule has 0 heterocycles. The highest BCUT2D eigenvalue weighted by Gasteiger charge is 2.59. The van der Waals surface area contributed by atoms with Gasteiger partial charge in [0.1, 0.15) is 0 Å². The number of rotatable bonds is 7. The van der Waals surface area contributed by atoms with Crippen LogP contribution in [0.15, 0.2) is 0 Å². The molecule has 4 saturated carbocycles. The zero-order valence-electron chi connectivity index (χ0n) is 21.3. The monoisotopic (exact) mass is 501 g/mol. The molecule has 4 fully saturated rings. The van der Waals surface area contributed by atoms with Crippen molar-refractivity contribution in [3.8, 4) is 0 Å². The van der Waals surface area contributed by atoms with Crippen LogP contribution in [0.25, 0.3) is 0 Å². The Bertz CT molecular complexity index is 803. The molecule has 0 spiro atoms. The van der Waals surface area contributed by atoms with E-state index in [9.17, 15) is 18.3 Å². The van der Waals surface area contributed by atoms with Crippen LogP contribution in [0.4, 0.5) is 0 Å². The fourth-order valence-corrected chi connectivity index (χ4v) is 9.10. The summed E-state index contributed by atoms with van der Waals surface area (Å²) in [5, 5.41) is 19.8. The van der Waals surface area contributed by atoms with Gasteiger partial charge in [-0.3, -0.25) is 9.35 Å². The molecule has 4 aliphatic rings. The Balaban J connectivity index is 0.00000158. The third-order valence-corrected chi connectivity index (χ3v) is 11.2. The molecule has 0 saturated heterocycles. The van der Waals surface area contributed by atoms with Gasteiger partial charge in [0.15, 0.2) is 0 Å². The van der Waals surface area contributed by atoms with Crippen LogP contribution in [0.5, 0.6) is 0 Å². The molecule has 8 atom stereocenters. The first-order valence-electron chi connectivity index (χ1n) is 13.4. The van der Waals surface area contributed by atoms with Crippen LogP contribution < -0.4 is 5.32 Å². The molecule has 198 valence electrons. The van der Waals surface area contributed by atoms with E-state index in [2.05, 4.69) is 19.2 Å². The molecule has 0 aromatic carbocycles. The SMILES string of the molecule is CC12CCC3C(CCC4C[C@H](O)CCC43C)C1CCC2CCCC(=O)NCCS(=O)(=O)O.CO. The quantitative estimate of drug-likeness (QED) is 0.394. The van der Waals surface area contributed by atoms with Gasteiger partial charge in [-0.1, -0.05) is 13.8 Å². The molecule has 0 bridgehead atoms. The fourth-order valence-electron chi connectivity index (χ4n) is 8.74. The Kier molecular flexibility index (Phi) is 9.13. The summed E-state index contributed by atoms with van der Waals surface area (Å²) in [7, 11) is -3.03. The molecule has 1 amide bonds. The number of hydrogen-bond donors (Lipinski definition) is 4. The third-order valence-electron chi connectivity index (χ3n) is 10.5. The zero-order chi connectivity index (χ0) is 25.1. The van der Waals surface area contributed by atoms with Crippen molar-refractivity contribution >= 4 is 16.0 Å². The van der Waals surface area contributed by atoms with Crippen molar-refractivity contribution in [3.05, 3.63) is 0 Å². The molecule has 7 nitrogen and oxygen atoms in total. The molecule has 0 aromatic rings. The molecule has 4 aliphatic carbocycles. The Morgan fingerprint density at radius 1 is 0.971 bits per heavy atom. The summed E-state index contributed by atoms with van der Waals surface area (Å²) < 4.78 is 30.3. The van der Waals surface area contributed by atoms with Gasteiger partial charge >= 0.3 is 0 Å². The molecular formula is C26H47NO6S. The van der Waals surface area contributed by atoms with E-state index in [4.69, 9.17) is 9.66 Å². The minimum Gasteiger partial charge on any atom is -0.400 e. The summed E-state index contributed by atoms with van der Waals surface area (Å²) in [4.78, 5) is 12.0. The van der Waals surface area contributed by atoms with E-state index in [1.165, 1.54) is 44.9 Å². The predicted octanol–water partition coefficient (Wildman–Crippen LogP) is 3.79. The number of carbonyl (C=O) groups is 1. The van der Waals surface area contributed by atoms with Crippen LogP contribution in [0, 0.1) is 40.4 Å². The standard InChI is InChI=1S/C25H43NO5S.CH4O/c1-24-13-11-22-20(8-6-18-16-19(27)10-12-25(18,22)2)21(24)9-7-17(24)4-3-5-23(28)26-14-15-32(29,30)31;1-2/h17-22,27H,3-16H2,1-2H3,(H,26,28)(H,29,30,31);2H,1H3/t17?,18?,19-,20?,21?,22?,24?,25?;/m1./s1. The highest BCUT2D eigenvalue weighted by Crippen LogP contribution is 2.67. The predicted molar refractivity (Wildman–Crippen MR) is 133 cm³/mol. The van der Waals surface area contributed by atoms with Gasteiger partial charge in [0.2, 0.25) is 5.91 Å². The second-order valence-corrected chi connectivity index (χ2v) is 13.5. The lowest BCUT2D eigenvalue weighted by Crippen LogP contribution is -2.53. The van der Waals surface area contributed by atoms with E-state index < -0.39 is 15.9 Å². The van der Waals surface area contributed by atoms with Crippen LogP contribution in [-0.4, -0.2) is 54.6 Å². The minimum absolute atomic E-state index is 0.0270. The zero-order valence-corrected chi connectivity index (χ0v) is 22.2. The number of hydrogen-bond acceptors (Lipinski definition) is 5. The van der Waals surface area contributed by atoms with Gasteiger partial charge in [0, 0.05) is 20.1 Å². The van der Waals surface area contributed by atoms with Crippen LogP contribution in [0.1, 0.15) is 90.9 Å². The minimum atomic E-state index is -4.03. The first-order chi connectivity index (χ1) is 16.0. The normalized spacial score (nSPS) is 41.4. The van der Waals surface area contributed by atoms with Crippen molar-refractivity contribution in [1.82, 2.24) is 5.32 Å². The van der Waals surface area contributed by atoms with Crippen molar-refractivity contribution < 1.29 is 28.0 Å². The Morgan fingerprint density at radius 3 is 2.35 bits per heavy atom. The molecular weight excluding hydrogens is 454 g/mol. The van der Waals surface area contributed by atoms with Crippen molar-refractivity contribution in [1.29, 1.82) is 0 Å². The van der Waals surface area contributed by atoms with E-state index in [0.717, 1.165) is 50.5 Å². The largest absolute Gasteiger partial charge is 0.400 e. The maximum absolute atomic E-state index is 12.0. The lowest BCUT2D eigenvalue weighted by atomic mass is 9.44. The first kappa shape index (κ1) is 27.9. The summed E-state index contributed by atoms with van der Waals surface area (Å²) in [5.74, 6) is 3.29. The van der Waals surface area contributed by atoms with E-state index >= 15 is 0 Å². The van der Waals surface area contributed by atoms with Crippen LogP contribution in [0.3, 0.4) is 0 Å². The lowest BCUT2D eigenvalue weighted by Gasteiger charge is -2.61. The number of aliphatic hydroxyl groups excluding tert-OH is 2. The number of fused-ring (bicyclic) bond motifs is 5. The molecule has 0 aromatic heterocycles. The Hall–Kier alpha value is -0.700. The second kappa shape index (κ2) is 11.1. The van der Waals surface area contributed by atoms with Crippen LogP contribution in [0.2, 0.25) is 0 Å². The van der Waals surface area contributed by atoms with Crippen molar-refractivity contribution in [2.75, 3.05) is 19.4 Å². The van der Waals surface area contributed by atoms with Crippen molar-refractivity contribution in [2.45, 2.75) is 97.0 Å². The molecule has 4 N–H and O–H groups in total. The van der Waals surface area contributed by atoms with Crippen molar-refractivity contribution in [3.63, 3.8) is 0 Å². The molecule has 8 heteroatoms. The van der Waals surface area contributed by atoms with Gasteiger partial charge < -0.3 is 15.5 Å². The Morgan fingerprint density at radius 2 is 1.65 bits per heavy atom. The Labute approximate surface area is 206 Å². The first-order valence-corrected chi connectivity index (χ1v) is 15.0. The van der Waals surface area contributed by atoms with E-state index in [1.54, 1.807) is 0 Å². The van der Waals surface area contributed by atoms with Gasteiger partial charge in [-0.25, -0.2) is 0 Å². The highest BCUT2D eigenvalue weighted by atomic mass is 32.2. The number of amides is 1. The summed E-state index contributed by atoms with van der Waals surface area (Å²) in [6.45, 7) is 5.04. The second-order valence-electron chi connectivity index (χ2n) is 11.9. The molecule has 0 aliphatic heterocycles. The number of aliphatic hydroxyl groups is 2. The average Bonchev–Trinajstić information content (AvgIpc) is 3.11. The third kappa shape index (κ3) is 5.81. The summed E-state index contributed by atoms with van der Waals surface area (Å²) >= 11 is 0. The molecule has 4 rings (SSSR count). The summed E-state index contributed by atoms with van der Waals surface area (Å²) in [5.41, 5.74) is 0.807. The lowest BCUT2D eigenvalue weighted by molar-refractivity contribution is -0.127. The van der Waals surface area contributed by atoms with Crippen molar-refractivity contribution in [2.24, 2.45) is 40.4 Å². The molecule has 0 radical (unpaired) electrons.